The number of aliphatic hydroxyl groups excluding tert-OH is 1. The lowest BCUT2D eigenvalue weighted by atomic mass is 10.0. The first-order valence-electron chi connectivity index (χ1n) is 7.55. The molecule has 1 amide bonds. The van der Waals surface area contributed by atoms with Crippen molar-refractivity contribution in [1.29, 1.82) is 0 Å². The number of hydrogen-bond acceptors (Lipinski definition) is 4. The van der Waals surface area contributed by atoms with Crippen molar-refractivity contribution in [2.45, 2.75) is 19.4 Å². The maximum Gasteiger partial charge on any atom is 0.251 e. The number of amides is 1. The number of benzene rings is 1. The number of aliphatic hydroxyl groups is 1. The summed E-state index contributed by atoms with van der Waals surface area (Å²) in [6, 6.07) is 7.57. The van der Waals surface area contributed by atoms with Crippen LogP contribution in [-0.4, -0.2) is 61.4 Å². The third kappa shape index (κ3) is 4.81. The molecule has 0 spiro atoms. The fourth-order valence-corrected chi connectivity index (χ4v) is 2.50. The molecule has 0 radical (unpaired) electrons. The predicted octanol–water partition coefficient (Wildman–Crippen LogP) is 0.672. The van der Waals surface area contributed by atoms with Crippen LogP contribution in [0.3, 0.4) is 0 Å². The predicted molar refractivity (Wildman–Crippen MR) is 81.4 cm³/mol. The maximum absolute atomic E-state index is 12.2. The van der Waals surface area contributed by atoms with Gasteiger partial charge in [0, 0.05) is 31.7 Å². The molecular formula is C16H24N2O3. The van der Waals surface area contributed by atoms with Crippen molar-refractivity contribution >= 4 is 5.91 Å². The van der Waals surface area contributed by atoms with Crippen molar-refractivity contribution in [3.63, 3.8) is 0 Å². The Balaban J connectivity index is 1.80. The molecule has 2 rings (SSSR count). The lowest BCUT2D eigenvalue weighted by Gasteiger charge is -2.28. The van der Waals surface area contributed by atoms with Crippen LogP contribution in [0.2, 0.25) is 0 Å². The standard InChI is InChI=1S/C16H24N2O3/c1-2-13-5-3-4-6-15(13)16(20)17-11-14(19)12-18-7-9-21-10-8-18/h3-6,14,19H,2,7-12H2,1H3,(H,17,20)/t14-/m1/s1. The Bertz CT molecular complexity index is 459. The van der Waals surface area contributed by atoms with Crippen LogP contribution in [0.25, 0.3) is 0 Å². The average molecular weight is 292 g/mol. The van der Waals surface area contributed by atoms with Gasteiger partial charge in [-0.1, -0.05) is 25.1 Å². The van der Waals surface area contributed by atoms with Gasteiger partial charge >= 0.3 is 0 Å². The van der Waals surface area contributed by atoms with E-state index in [9.17, 15) is 9.90 Å². The largest absolute Gasteiger partial charge is 0.390 e. The smallest absolute Gasteiger partial charge is 0.251 e. The minimum absolute atomic E-state index is 0.117. The molecule has 5 heteroatoms. The number of aryl methyl sites for hydroxylation is 1. The summed E-state index contributed by atoms with van der Waals surface area (Å²) in [6.07, 6.45) is 0.265. The summed E-state index contributed by atoms with van der Waals surface area (Å²) < 4.78 is 5.27. The topological polar surface area (TPSA) is 61.8 Å². The van der Waals surface area contributed by atoms with Gasteiger partial charge in [-0.15, -0.1) is 0 Å². The van der Waals surface area contributed by atoms with E-state index >= 15 is 0 Å². The summed E-state index contributed by atoms with van der Waals surface area (Å²) in [6.45, 7) is 5.96. The minimum atomic E-state index is -0.555. The van der Waals surface area contributed by atoms with Crippen molar-refractivity contribution in [1.82, 2.24) is 10.2 Å². The molecule has 1 saturated heterocycles. The van der Waals surface area contributed by atoms with Gasteiger partial charge in [-0.05, 0) is 18.1 Å². The summed E-state index contributed by atoms with van der Waals surface area (Å²) in [5.74, 6) is -0.117. The molecule has 1 atom stereocenters. The summed E-state index contributed by atoms with van der Waals surface area (Å²) in [4.78, 5) is 14.3. The van der Waals surface area contributed by atoms with Gasteiger partial charge in [-0.2, -0.15) is 0 Å². The number of morpholine rings is 1. The molecule has 1 aliphatic heterocycles. The SMILES string of the molecule is CCc1ccccc1C(=O)NC[C@@H](O)CN1CCOCC1. The lowest BCUT2D eigenvalue weighted by Crippen LogP contribution is -2.44. The Labute approximate surface area is 125 Å². The fraction of sp³-hybridized carbons (Fsp3) is 0.562. The molecule has 1 aliphatic rings. The van der Waals surface area contributed by atoms with Gasteiger partial charge < -0.3 is 15.2 Å². The first-order valence-corrected chi connectivity index (χ1v) is 7.55. The van der Waals surface area contributed by atoms with E-state index in [2.05, 4.69) is 10.2 Å². The first kappa shape index (κ1) is 15.9. The molecule has 0 saturated carbocycles. The first-order chi connectivity index (χ1) is 10.2. The van der Waals surface area contributed by atoms with Crippen molar-refractivity contribution in [2.75, 3.05) is 39.4 Å². The van der Waals surface area contributed by atoms with Crippen LogP contribution >= 0.6 is 0 Å². The number of carbonyl (C=O) groups excluding carboxylic acids is 1. The zero-order chi connectivity index (χ0) is 15.1. The van der Waals surface area contributed by atoms with Crippen LogP contribution in [0.1, 0.15) is 22.8 Å². The maximum atomic E-state index is 12.2. The zero-order valence-corrected chi connectivity index (χ0v) is 12.5. The Hall–Kier alpha value is -1.43. The molecule has 0 bridgehead atoms. The van der Waals surface area contributed by atoms with E-state index in [-0.39, 0.29) is 12.5 Å². The van der Waals surface area contributed by atoms with E-state index in [1.807, 2.05) is 31.2 Å². The average Bonchev–Trinajstić information content (AvgIpc) is 2.53. The van der Waals surface area contributed by atoms with Crippen molar-refractivity contribution in [3.8, 4) is 0 Å². The third-order valence-corrected chi connectivity index (χ3v) is 3.71. The number of nitrogens with one attached hydrogen (secondary N) is 1. The van der Waals surface area contributed by atoms with E-state index in [0.717, 1.165) is 25.1 Å². The van der Waals surface area contributed by atoms with E-state index in [1.165, 1.54) is 0 Å². The molecule has 1 heterocycles. The number of carbonyl (C=O) groups is 1. The molecule has 0 unspecified atom stereocenters. The van der Waals surface area contributed by atoms with Crippen LogP contribution in [0.4, 0.5) is 0 Å². The number of β-amino-alcohol motifs (C(OH)–C–C–N with tert-alkyl or cyclic N) is 1. The molecule has 1 aromatic rings. The van der Waals surface area contributed by atoms with Crippen LogP contribution < -0.4 is 5.32 Å². The highest BCUT2D eigenvalue weighted by molar-refractivity contribution is 5.95. The van der Waals surface area contributed by atoms with Crippen LogP contribution in [0, 0.1) is 0 Å². The Morgan fingerprint density at radius 2 is 2.10 bits per heavy atom. The molecule has 21 heavy (non-hydrogen) atoms. The normalized spacial score (nSPS) is 17.4. The van der Waals surface area contributed by atoms with Crippen LogP contribution in [0.5, 0.6) is 0 Å². The molecule has 0 aromatic heterocycles. The van der Waals surface area contributed by atoms with Gasteiger partial charge in [0.05, 0.1) is 19.3 Å². The van der Waals surface area contributed by atoms with Gasteiger partial charge in [0.25, 0.3) is 5.91 Å². The van der Waals surface area contributed by atoms with Gasteiger partial charge in [0.15, 0.2) is 0 Å². The number of rotatable bonds is 6. The number of hydrogen-bond donors (Lipinski definition) is 2. The van der Waals surface area contributed by atoms with Gasteiger partial charge in [-0.25, -0.2) is 0 Å². The molecule has 1 aromatic carbocycles. The van der Waals surface area contributed by atoms with Crippen molar-refractivity contribution in [2.24, 2.45) is 0 Å². The van der Waals surface area contributed by atoms with Gasteiger partial charge in [0.1, 0.15) is 0 Å². The van der Waals surface area contributed by atoms with Crippen LogP contribution in [-0.2, 0) is 11.2 Å². The van der Waals surface area contributed by atoms with Gasteiger partial charge in [-0.3, -0.25) is 9.69 Å². The Morgan fingerprint density at radius 1 is 1.38 bits per heavy atom. The Morgan fingerprint density at radius 3 is 2.81 bits per heavy atom. The highest BCUT2D eigenvalue weighted by atomic mass is 16.5. The fourth-order valence-electron chi connectivity index (χ4n) is 2.50. The highest BCUT2D eigenvalue weighted by Gasteiger charge is 2.16. The lowest BCUT2D eigenvalue weighted by molar-refractivity contribution is 0.0149. The molecule has 116 valence electrons. The van der Waals surface area contributed by atoms with E-state index in [4.69, 9.17) is 4.74 Å². The second kappa shape index (κ2) is 8.12. The molecule has 0 aliphatic carbocycles. The second-order valence-electron chi connectivity index (χ2n) is 5.29. The molecular weight excluding hydrogens is 268 g/mol. The number of nitrogens with zero attached hydrogens (tertiary/aromatic N) is 1. The molecule has 2 N–H and O–H groups in total. The number of ether oxygens (including phenoxy) is 1. The zero-order valence-electron chi connectivity index (χ0n) is 12.5. The van der Waals surface area contributed by atoms with Gasteiger partial charge in [0.2, 0.25) is 0 Å². The van der Waals surface area contributed by atoms with Crippen molar-refractivity contribution in [3.05, 3.63) is 35.4 Å². The summed E-state index contributed by atoms with van der Waals surface area (Å²) >= 11 is 0. The van der Waals surface area contributed by atoms with Crippen LogP contribution in [0.15, 0.2) is 24.3 Å². The molecule has 5 nitrogen and oxygen atoms in total. The summed E-state index contributed by atoms with van der Waals surface area (Å²) in [5.41, 5.74) is 1.72. The third-order valence-electron chi connectivity index (χ3n) is 3.71. The molecule has 1 fully saturated rings. The van der Waals surface area contributed by atoms with Crippen molar-refractivity contribution < 1.29 is 14.6 Å². The van der Waals surface area contributed by atoms with E-state index in [0.29, 0.717) is 25.3 Å². The highest BCUT2D eigenvalue weighted by Crippen LogP contribution is 2.09. The quantitative estimate of drug-likeness (QED) is 0.809. The minimum Gasteiger partial charge on any atom is -0.390 e. The van der Waals surface area contributed by atoms with E-state index in [1.54, 1.807) is 0 Å². The summed E-state index contributed by atoms with van der Waals surface area (Å²) in [7, 11) is 0. The second-order valence-corrected chi connectivity index (χ2v) is 5.29. The van der Waals surface area contributed by atoms with E-state index < -0.39 is 6.10 Å². The summed E-state index contributed by atoms with van der Waals surface area (Å²) in [5, 5.41) is 12.8. The Kier molecular flexibility index (Phi) is 6.17. The monoisotopic (exact) mass is 292 g/mol.